The molecule has 0 aliphatic rings. The van der Waals surface area contributed by atoms with Crippen molar-refractivity contribution >= 4 is 27.7 Å². The zero-order chi connectivity index (χ0) is 27.9. The molecule has 0 fully saturated rings. The molecule has 3 aromatic carbocycles. The number of benzene rings is 3. The van der Waals surface area contributed by atoms with Crippen LogP contribution >= 0.6 is 15.9 Å². The predicted octanol–water partition coefficient (Wildman–Crippen LogP) is 6.81. The molecular weight excluding hydrogens is 540 g/mol. The van der Waals surface area contributed by atoms with Crippen LogP contribution in [0.4, 0.5) is 0 Å². The zero-order valence-electron chi connectivity index (χ0n) is 23.3. The van der Waals surface area contributed by atoms with Crippen LogP contribution < -0.4 is 10.1 Å². The summed E-state index contributed by atoms with van der Waals surface area (Å²) in [4.78, 5) is 29.1. The number of aryl methyl sites for hydroxylation is 1. The highest BCUT2D eigenvalue weighted by Crippen LogP contribution is 2.29. The van der Waals surface area contributed by atoms with Crippen LogP contribution in [0.2, 0.25) is 0 Å². The zero-order valence-corrected chi connectivity index (χ0v) is 24.8. The maximum Gasteiger partial charge on any atom is 0.261 e. The standard InChI is InChI=1S/C32H39BrN2O3/c1-22(2)26-15-16-29(27(33)19-26)38-21-30(36)35(20-25-14-10-11-23(3)17-25)28(31(37)34-32(4,5)6)18-24-12-8-7-9-13-24/h7-17,19,22,28H,18,20-21H2,1-6H3,(H,34,37)/t28-/m0/s1. The number of rotatable bonds is 10. The van der Waals surface area contributed by atoms with Crippen molar-refractivity contribution in [2.45, 2.75) is 72.0 Å². The Kier molecular flexibility index (Phi) is 10.1. The topological polar surface area (TPSA) is 58.6 Å². The molecule has 6 heteroatoms. The Morgan fingerprint density at radius 2 is 1.63 bits per heavy atom. The van der Waals surface area contributed by atoms with E-state index in [2.05, 4.69) is 35.1 Å². The van der Waals surface area contributed by atoms with Gasteiger partial charge in [0, 0.05) is 18.5 Å². The second-order valence-corrected chi connectivity index (χ2v) is 11.9. The van der Waals surface area contributed by atoms with Gasteiger partial charge < -0.3 is 15.0 Å². The maximum absolute atomic E-state index is 13.8. The third-order valence-corrected chi connectivity index (χ3v) is 6.80. The van der Waals surface area contributed by atoms with Gasteiger partial charge in [-0.2, -0.15) is 0 Å². The number of halogens is 1. The van der Waals surface area contributed by atoms with Crippen LogP contribution in [0, 0.1) is 6.92 Å². The monoisotopic (exact) mass is 578 g/mol. The van der Waals surface area contributed by atoms with Gasteiger partial charge in [-0.25, -0.2) is 0 Å². The van der Waals surface area contributed by atoms with Gasteiger partial charge in [-0.05, 0) is 78.4 Å². The second kappa shape index (κ2) is 13.1. The van der Waals surface area contributed by atoms with Gasteiger partial charge in [0.15, 0.2) is 6.61 Å². The molecule has 0 aromatic heterocycles. The summed E-state index contributed by atoms with van der Waals surface area (Å²) in [5.74, 6) is 0.532. The summed E-state index contributed by atoms with van der Waals surface area (Å²) >= 11 is 3.58. The van der Waals surface area contributed by atoms with Gasteiger partial charge in [-0.1, -0.05) is 80.1 Å². The molecule has 3 aromatic rings. The van der Waals surface area contributed by atoms with Crippen molar-refractivity contribution in [1.29, 1.82) is 0 Å². The number of amides is 2. The number of hydrogen-bond donors (Lipinski definition) is 1. The van der Waals surface area contributed by atoms with E-state index in [0.29, 0.717) is 24.6 Å². The Morgan fingerprint density at radius 1 is 0.947 bits per heavy atom. The van der Waals surface area contributed by atoms with Crippen molar-refractivity contribution in [2.24, 2.45) is 0 Å². The number of hydrogen-bond acceptors (Lipinski definition) is 3. The van der Waals surface area contributed by atoms with Gasteiger partial charge in [0.25, 0.3) is 5.91 Å². The lowest BCUT2D eigenvalue weighted by molar-refractivity contribution is -0.143. The summed E-state index contributed by atoms with van der Waals surface area (Å²) < 4.78 is 6.79. The number of nitrogens with zero attached hydrogens (tertiary/aromatic N) is 1. The molecule has 0 bridgehead atoms. The lowest BCUT2D eigenvalue weighted by atomic mass is 10.0. The smallest absolute Gasteiger partial charge is 0.261 e. The van der Waals surface area contributed by atoms with E-state index in [9.17, 15) is 9.59 Å². The quantitative estimate of drug-likeness (QED) is 0.287. The van der Waals surface area contributed by atoms with E-state index in [1.807, 2.05) is 100 Å². The van der Waals surface area contributed by atoms with Crippen molar-refractivity contribution in [2.75, 3.05) is 6.61 Å². The molecule has 1 atom stereocenters. The Balaban J connectivity index is 1.93. The van der Waals surface area contributed by atoms with Gasteiger partial charge >= 0.3 is 0 Å². The average Bonchev–Trinajstić information content (AvgIpc) is 2.84. The molecule has 0 spiro atoms. The van der Waals surface area contributed by atoms with Crippen LogP contribution in [0.5, 0.6) is 5.75 Å². The van der Waals surface area contributed by atoms with Crippen LogP contribution in [-0.2, 0) is 22.6 Å². The van der Waals surface area contributed by atoms with E-state index < -0.39 is 11.6 Å². The van der Waals surface area contributed by atoms with Gasteiger partial charge in [0.1, 0.15) is 11.8 Å². The van der Waals surface area contributed by atoms with Crippen molar-refractivity contribution in [1.82, 2.24) is 10.2 Å². The van der Waals surface area contributed by atoms with E-state index in [4.69, 9.17) is 4.74 Å². The first-order valence-electron chi connectivity index (χ1n) is 13.1. The second-order valence-electron chi connectivity index (χ2n) is 11.1. The molecular formula is C32H39BrN2O3. The summed E-state index contributed by atoms with van der Waals surface area (Å²) in [6.45, 7) is 12.2. The molecule has 202 valence electrons. The lowest BCUT2D eigenvalue weighted by Gasteiger charge is -2.34. The van der Waals surface area contributed by atoms with Crippen LogP contribution in [0.15, 0.2) is 77.3 Å². The number of carbonyl (C=O) groups excluding carboxylic acids is 2. The third-order valence-electron chi connectivity index (χ3n) is 6.18. The largest absolute Gasteiger partial charge is 0.483 e. The SMILES string of the molecule is Cc1cccc(CN(C(=O)COc2ccc(C(C)C)cc2Br)[C@@H](Cc2ccccc2)C(=O)NC(C)(C)C)c1. The normalized spacial score (nSPS) is 12.2. The fourth-order valence-corrected chi connectivity index (χ4v) is 4.74. The fraction of sp³-hybridized carbons (Fsp3) is 0.375. The summed E-state index contributed by atoms with van der Waals surface area (Å²) in [5, 5.41) is 3.09. The molecule has 38 heavy (non-hydrogen) atoms. The molecule has 0 radical (unpaired) electrons. The van der Waals surface area contributed by atoms with E-state index in [1.54, 1.807) is 4.90 Å². The molecule has 0 unspecified atom stereocenters. The number of ether oxygens (including phenoxy) is 1. The van der Waals surface area contributed by atoms with E-state index >= 15 is 0 Å². The molecule has 0 aliphatic heterocycles. The maximum atomic E-state index is 13.8. The number of carbonyl (C=O) groups is 2. The molecule has 3 rings (SSSR count). The summed E-state index contributed by atoms with van der Waals surface area (Å²) in [5.41, 5.74) is 3.78. The van der Waals surface area contributed by atoms with Crippen molar-refractivity contribution in [3.05, 3.63) is 99.5 Å². The minimum atomic E-state index is -0.708. The minimum Gasteiger partial charge on any atom is -0.483 e. The van der Waals surface area contributed by atoms with Crippen LogP contribution in [0.3, 0.4) is 0 Å². The molecule has 0 saturated heterocycles. The summed E-state index contributed by atoms with van der Waals surface area (Å²) in [6, 6.07) is 23.0. The van der Waals surface area contributed by atoms with Gasteiger partial charge in [-0.3, -0.25) is 9.59 Å². The highest BCUT2D eigenvalue weighted by Gasteiger charge is 2.32. The van der Waals surface area contributed by atoms with E-state index in [0.717, 1.165) is 21.2 Å². The van der Waals surface area contributed by atoms with Crippen molar-refractivity contribution < 1.29 is 14.3 Å². The van der Waals surface area contributed by atoms with Gasteiger partial charge in [0.05, 0.1) is 4.47 Å². The first-order chi connectivity index (χ1) is 17.9. The minimum absolute atomic E-state index is 0.181. The molecule has 5 nitrogen and oxygen atoms in total. The highest BCUT2D eigenvalue weighted by molar-refractivity contribution is 9.10. The lowest BCUT2D eigenvalue weighted by Crippen LogP contribution is -2.55. The molecule has 1 N–H and O–H groups in total. The van der Waals surface area contributed by atoms with Gasteiger partial charge in [0.2, 0.25) is 5.91 Å². The Hall–Kier alpha value is -3.12. The van der Waals surface area contributed by atoms with Crippen LogP contribution in [-0.4, -0.2) is 34.9 Å². The first-order valence-corrected chi connectivity index (χ1v) is 13.9. The Morgan fingerprint density at radius 3 is 2.24 bits per heavy atom. The van der Waals surface area contributed by atoms with Gasteiger partial charge in [-0.15, -0.1) is 0 Å². The molecule has 0 saturated carbocycles. The molecule has 2 amide bonds. The molecule has 0 heterocycles. The van der Waals surface area contributed by atoms with E-state index in [1.165, 1.54) is 5.56 Å². The summed E-state index contributed by atoms with van der Waals surface area (Å²) in [6.07, 6.45) is 0.396. The highest BCUT2D eigenvalue weighted by atomic mass is 79.9. The number of nitrogens with one attached hydrogen (secondary N) is 1. The van der Waals surface area contributed by atoms with Crippen LogP contribution in [0.25, 0.3) is 0 Å². The summed E-state index contributed by atoms with van der Waals surface area (Å²) in [7, 11) is 0. The average molecular weight is 580 g/mol. The van der Waals surface area contributed by atoms with E-state index in [-0.39, 0.29) is 18.4 Å². The predicted molar refractivity (Wildman–Crippen MR) is 157 cm³/mol. The Labute approximate surface area is 235 Å². The first kappa shape index (κ1) is 29.4. The fourth-order valence-electron chi connectivity index (χ4n) is 4.23. The Bertz CT molecular complexity index is 1230. The van der Waals surface area contributed by atoms with Crippen molar-refractivity contribution in [3.8, 4) is 5.75 Å². The van der Waals surface area contributed by atoms with Crippen LogP contribution in [0.1, 0.15) is 62.8 Å². The third kappa shape index (κ3) is 8.73. The van der Waals surface area contributed by atoms with Crippen molar-refractivity contribution in [3.63, 3.8) is 0 Å². The molecule has 0 aliphatic carbocycles.